The number of nitrogens with zero attached hydrogens (tertiary/aromatic N) is 4. The zero-order valence-corrected chi connectivity index (χ0v) is 18.6. The molecule has 8 heteroatoms. The van der Waals surface area contributed by atoms with Gasteiger partial charge in [-0.15, -0.1) is 0 Å². The lowest BCUT2D eigenvalue weighted by Crippen LogP contribution is -2.44. The average molecular weight is 430 g/mol. The van der Waals surface area contributed by atoms with Crippen molar-refractivity contribution in [3.05, 3.63) is 64.3 Å². The summed E-state index contributed by atoms with van der Waals surface area (Å²) in [7, 11) is 2.16. The van der Waals surface area contributed by atoms with Crippen molar-refractivity contribution in [3.63, 3.8) is 0 Å². The minimum absolute atomic E-state index is 0.168. The van der Waals surface area contributed by atoms with Crippen molar-refractivity contribution in [2.75, 3.05) is 43.4 Å². The highest BCUT2D eigenvalue weighted by Crippen LogP contribution is 2.31. The molecule has 1 fully saturated rings. The molecule has 1 aliphatic rings. The molecular formula is C24H27N7O. The molecule has 0 unspecified atom stereocenters. The van der Waals surface area contributed by atoms with Gasteiger partial charge in [-0.1, -0.05) is 0 Å². The quantitative estimate of drug-likeness (QED) is 0.460. The Morgan fingerprint density at radius 2 is 1.78 bits per heavy atom. The summed E-state index contributed by atoms with van der Waals surface area (Å²) in [6.07, 6.45) is 1.66. The number of piperazine rings is 1. The SMILES string of the molecule is Cc1n[nH]c(C)c1-c1cc2cc[nH]c(=O)c2c(Nc2ccc(N3CCN(C)CC3)cc2)n1. The van der Waals surface area contributed by atoms with Crippen LogP contribution in [0, 0.1) is 13.8 Å². The smallest absolute Gasteiger partial charge is 0.259 e. The highest BCUT2D eigenvalue weighted by atomic mass is 16.1. The van der Waals surface area contributed by atoms with Crippen molar-refractivity contribution >= 4 is 28.0 Å². The Kier molecular flexibility index (Phi) is 5.14. The number of aryl methyl sites for hydroxylation is 2. The van der Waals surface area contributed by atoms with Gasteiger partial charge in [-0.05, 0) is 62.7 Å². The summed E-state index contributed by atoms with van der Waals surface area (Å²) in [5.41, 5.74) is 5.49. The van der Waals surface area contributed by atoms with Gasteiger partial charge in [-0.25, -0.2) is 4.98 Å². The van der Waals surface area contributed by atoms with Crippen LogP contribution in [0.3, 0.4) is 0 Å². The molecule has 3 N–H and O–H groups in total. The minimum atomic E-state index is -0.168. The van der Waals surface area contributed by atoms with Crippen molar-refractivity contribution in [2.24, 2.45) is 0 Å². The minimum Gasteiger partial charge on any atom is -0.369 e. The number of aromatic nitrogens is 4. The Balaban J connectivity index is 1.51. The zero-order chi connectivity index (χ0) is 22.2. The van der Waals surface area contributed by atoms with Crippen LogP contribution in [0.5, 0.6) is 0 Å². The largest absolute Gasteiger partial charge is 0.369 e. The van der Waals surface area contributed by atoms with Crippen molar-refractivity contribution in [1.29, 1.82) is 0 Å². The Bertz CT molecular complexity index is 1300. The van der Waals surface area contributed by atoms with E-state index in [1.54, 1.807) is 6.20 Å². The number of hydrogen-bond acceptors (Lipinski definition) is 6. The Morgan fingerprint density at radius 3 is 2.47 bits per heavy atom. The Morgan fingerprint density at radius 1 is 1.03 bits per heavy atom. The second kappa shape index (κ2) is 8.12. The third-order valence-corrected chi connectivity index (χ3v) is 6.14. The van der Waals surface area contributed by atoms with Crippen LogP contribution in [0.25, 0.3) is 22.0 Å². The van der Waals surface area contributed by atoms with Crippen LogP contribution in [0.1, 0.15) is 11.4 Å². The van der Waals surface area contributed by atoms with Crippen molar-refractivity contribution < 1.29 is 0 Å². The number of benzene rings is 1. The first-order valence-corrected chi connectivity index (χ1v) is 10.8. The first-order valence-electron chi connectivity index (χ1n) is 10.8. The van der Waals surface area contributed by atoms with Crippen LogP contribution >= 0.6 is 0 Å². The normalized spacial score (nSPS) is 14.8. The van der Waals surface area contributed by atoms with E-state index < -0.39 is 0 Å². The molecular weight excluding hydrogens is 402 g/mol. The monoisotopic (exact) mass is 429 g/mol. The van der Waals surface area contributed by atoms with Gasteiger partial charge >= 0.3 is 0 Å². The van der Waals surface area contributed by atoms with Gasteiger partial charge in [0.15, 0.2) is 0 Å². The van der Waals surface area contributed by atoms with Crippen LogP contribution in [0.4, 0.5) is 17.2 Å². The standard InChI is InChI=1S/C24H27N7O/c1-15-21(16(2)29-28-15)20-14-17-8-9-25-24(32)22(17)23(27-20)26-18-4-6-19(7-5-18)31-12-10-30(3)11-13-31/h4-9,14H,10-13H2,1-3H3,(H,25,32)(H,26,27)(H,28,29). The third-order valence-electron chi connectivity index (χ3n) is 6.14. The second-order valence-corrected chi connectivity index (χ2v) is 8.40. The molecule has 0 radical (unpaired) electrons. The van der Waals surface area contributed by atoms with E-state index in [1.807, 2.05) is 38.1 Å². The molecule has 0 atom stereocenters. The molecule has 32 heavy (non-hydrogen) atoms. The molecule has 0 bridgehead atoms. The van der Waals surface area contributed by atoms with E-state index in [2.05, 4.69) is 49.5 Å². The number of H-pyrrole nitrogens is 2. The van der Waals surface area contributed by atoms with Crippen LogP contribution in [0.15, 0.2) is 47.4 Å². The first kappa shape index (κ1) is 20.3. The molecule has 1 aromatic carbocycles. The topological polar surface area (TPSA) is 92.9 Å². The zero-order valence-electron chi connectivity index (χ0n) is 18.6. The van der Waals surface area contributed by atoms with Crippen molar-refractivity contribution in [1.82, 2.24) is 25.1 Å². The number of anilines is 3. The van der Waals surface area contributed by atoms with Crippen molar-refractivity contribution in [2.45, 2.75) is 13.8 Å². The molecule has 0 saturated carbocycles. The number of pyridine rings is 2. The lowest BCUT2D eigenvalue weighted by molar-refractivity contribution is 0.313. The number of likely N-dealkylation sites (N-methyl/N-ethyl adjacent to an activating group) is 1. The lowest BCUT2D eigenvalue weighted by Gasteiger charge is -2.34. The van der Waals surface area contributed by atoms with Gasteiger partial charge in [-0.3, -0.25) is 9.89 Å². The summed E-state index contributed by atoms with van der Waals surface area (Å²) >= 11 is 0. The summed E-state index contributed by atoms with van der Waals surface area (Å²) in [6.45, 7) is 8.11. The van der Waals surface area contributed by atoms with Gasteiger partial charge in [0, 0.05) is 55.0 Å². The van der Waals surface area contributed by atoms with E-state index >= 15 is 0 Å². The fraction of sp³-hybridized carbons (Fsp3) is 0.292. The molecule has 5 rings (SSSR count). The highest BCUT2D eigenvalue weighted by molar-refractivity contribution is 5.95. The van der Waals surface area contributed by atoms with Gasteiger partial charge < -0.3 is 20.1 Å². The van der Waals surface area contributed by atoms with E-state index in [0.29, 0.717) is 11.2 Å². The lowest BCUT2D eigenvalue weighted by atomic mass is 10.1. The van der Waals surface area contributed by atoms with E-state index in [0.717, 1.165) is 59.9 Å². The molecule has 0 aliphatic carbocycles. The molecule has 4 aromatic rings. The third kappa shape index (κ3) is 3.73. The molecule has 4 heterocycles. The van der Waals surface area contributed by atoms with Gasteiger partial charge in [0.2, 0.25) is 0 Å². The van der Waals surface area contributed by atoms with Crippen molar-refractivity contribution in [3.8, 4) is 11.3 Å². The summed E-state index contributed by atoms with van der Waals surface area (Å²) in [6, 6.07) is 12.2. The Labute approximate surface area is 186 Å². The molecule has 1 aliphatic heterocycles. The molecule has 8 nitrogen and oxygen atoms in total. The maximum Gasteiger partial charge on any atom is 0.259 e. The van der Waals surface area contributed by atoms with E-state index in [9.17, 15) is 4.79 Å². The van der Waals surface area contributed by atoms with Gasteiger partial charge in [0.05, 0.1) is 16.8 Å². The van der Waals surface area contributed by atoms with Crippen LogP contribution < -0.4 is 15.8 Å². The Hall–Kier alpha value is -3.65. The predicted molar refractivity (Wildman–Crippen MR) is 129 cm³/mol. The number of rotatable bonds is 4. The maximum absolute atomic E-state index is 12.6. The van der Waals surface area contributed by atoms with Crippen LogP contribution in [-0.2, 0) is 0 Å². The maximum atomic E-state index is 12.6. The summed E-state index contributed by atoms with van der Waals surface area (Å²) in [5.74, 6) is 0.534. The summed E-state index contributed by atoms with van der Waals surface area (Å²) in [5, 5.41) is 12.1. The number of hydrogen-bond donors (Lipinski definition) is 3. The number of aromatic amines is 2. The second-order valence-electron chi connectivity index (χ2n) is 8.40. The molecule has 0 amide bonds. The average Bonchev–Trinajstić information content (AvgIpc) is 3.13. The molecule has 1 saturated heterocycles. The highest BCUT2D eigenvalue weighted by Gasteiger charge is 2.17. The predicted octanol–water partition coefficient (Wildman–Crippen LogP) is 3.43. The van der Waals surface area contributed by atoms with Gasteiger partial charge in [0.25, 0.3) is 5.56 Å². The van der Waals surface area contributed by atoms with Crippen LogP contribution in [-0.4, -0.2) is 58.3 Å². The first-order chi connectivity index (χ1) is 15.5. The molecule has 0 spiro atoms. The van der Waals surface area contributed by atoms with E-state index in [1.165, 1.54) is 5.69 Å². The van der Waals surface area contributed by atoms with E-state index in [-0.39, 0.29) is 5.56 Å². The van der Waals surface area contributed by atoms with Crippen LogP contribution in [0.2, 0.25) is 0 Å². The fourth-order valence-electron chi connectivity index (χ4n) is 4.32. The van der Waals surface area contributed by atoms with Gasteiger partial charge in [0.1, 0.15) is 5.82 Å². The summed E-state index contributed by atoms with van der Waals surface area (Å²) < 4.78 is 0. The molecule has 164 valence electrons. The fourth-order valence-corrected chi connectivity index (χ4v) is 4.32. The summed E-state index contributed by atoms with van der Waals surface area (Å²) in [4.78, 5) is 25.0. The molecule has 3 aromatic heterocycles. The van der Waals surface area contributed by atoms with Gasteiger partial charge in [-0.2, -0.15) is 5.10 Å². The number of fused-ring (bicyclic) bond motifs is 1. The number of nitrogens with one attached hydrogen (secondary N) is 3. The van der Waals surface area contributed by atoms with E-state index in [4.69, 9.17) is 4.98 Å².